The Hall–Kier alpha value is -2.14. The van der Waals surface area contributed by atoms with Gasteiger partial charge in [0, 0.05) is 18.1 Å². The van der Waals surface area contributed by atoms with Crippen molar-refractivity contribution in [1.82, 2.24) is 9.97 Å². The molecule has 0 radical (unpaired) electrons. The predicted octanol–water partition coefficient (Wildman–Crippen LogP) is 4.82. The lowest BCUT2D eigenvalue weighted by molar-refractivity contribution is -0.121. The second-order valence-electron chi connectivity index (χ2n) is 8.19. The normalized spacial score (nSPS) is 19.6. The molecule has 0 spiro atoms. The summed E-state index contributed by atoms with van der Waals surface area (Å²) in [6.45, 7) is 4.27. The minimum atomic E-state index is -0.494. The van der Waals surface area contributed by atoms with Gasteiger partial charge in [0.1, 0.15) is 0 Å². The molecule has 2 heterocycles. The summed E-state index contributed by atoms with van der Waals surface area (Å²) in [7, 11) is 0. The number of halogens is 1. The fourth-order valence-electron chi connectivity index (χ4n) is 4.40. The monoisotopic (exact) mass is 398 g/mol. The molecule has 5 nitrogen and oxygen atoms in total. The molecule has 2 aliphatic rings. The molecule has 0 unspecified atom stereocenters. The van der Waals surface area contributed by atoms with Gasteiger partial charge in [-0.15, -0.1) is 0 Å². The number of carbonyl (C=O) groups excluding carboxylic acids is 1. The number of benzene rings is 1. The molecule has 1 aliphatic heterocycles. The summed E-state index contributed by atoms with van der Waals surface area (Å²) >= 11 is 6.04. The molecular formula is C22H27ClN4O. The zero-order valence-corrected chi connectivity index (χ0v) is 17.1. The second-order valence-corrected chi connectivity index (χ2v) is 8.63. The van der Waals surface area contributed by atoms with Crippen LogP contribution in [0.25, 0.3) is 0 Å². The first-order chi connectivity index (χ1) is 13.6. The van der Waals surface area contributed by atoms with Crippen LogP contribution >= 0.6 is 11.6 Å². The van der Waals surface area contributed by atoms with Crippen LogP contribution in [-0.4, -0.2) is 29.0 Å². The first-order valence-corrected chi connectivity index (χ1v) is 10.6. The summed E-state index contributed by atoms with van der Waals surface area (Å²) in [5.41, 5.74) is 1.19. The maximum atomic E-state index is 13.2. The van der Waals surface area contributed by atoms with Gasteiger partial charge in [-0.25, -0.2) is 9.97 Å². The number of nitrogens with zero attached hydrogens (tertiary/aromatic N) is 3. The zero-order chi connectivity index (χ0) is 19.6. The molecule has 1 aliphatic carbocycles. The third-order valence-corrected chi connectivity index (χ3v) is 6.50. The number of nitrogens with one attached hydrogen (secondary N) is 1. The molecule has 4 rings (SSSR count). The molecule has 0 bridgehead atoms. The lowest BCUT2D eigenvalue weighted by Crippen LogP contribution is -2.38. The third kappa shape index (κ3) is 3.86. The Balaban J connectivity index is 1.48. The molecule has 148 valence electrons. The largest absolute Gasteiger partial charge is 0.341 e. The number of hydrogen-bond donors (Lipinski definition) is 1. The van der Waals surface area contributed by atoms with E-state index in [1.807, 2.05) is 24.3 Å². The molecular weight excluding hydrogens is 372 g/mol. The van der Waals surface area contributed by atoms with Gasteiger partial charge in [0.05, 0.1) is 23.5 Å². The first kappa shape index (κ1) is 19.2. The van der Waals surface area contributed by atoms with E-state index in [0.717, 1.165) is 56.2 Å². The SMILES string of the molecule is CC1CCN(c2ncc(NC(=O)C3(c4ccc(Cl)cc4)CCCC3)cn2)CC1. The van der Waals surface area contributed by atoms with Crippen LogP contribution in [0.2, 0.25) is 5.02 Å². The van der Waals surface area contributed by atoms with Gasteiger partial charge in [0.25, 0.3) is 0 Å². The standard InChI is InChI=1S/C22H27ClN4O/c1-16-8-12-27(13-9-16)21-24-14-19(15-25-21)26-20(28)22(10-2-3-11-22)17-4-6-18(23)7-5-17/h4-7,14-16H,2-3,8-13H2,1H3,(H,26,28). The Morgan fingerprint density at radius 3 is 2.32 bits per heavy atom. The Bertz CT molecular complexity index is 807. The highest BCUT2D eigenvalue weighted by Gasteiger charge is 2.42. The van der Waals surface area contributed by atoms with Crippen LogP contribution in [-0.2, 0) is 10.2 Å². The number of piperidine rings is 1. The number of anilines is 2. The van der Waals surface area contributed by atoms with Gasteiger partial charge >= 0.3 is 0 Å². The maximum Gasteiger partial charge on any atom is 0.235 e. The number of rotatable bonds is 4. The van der Waals surface area contributed by atoms with Gasteiger partial charge in [-0.2, -0.15) is 0 Å². The molecule has 1 aromatic heterocycles. The molecule has 1 N–H and O–H groups in total. The Kier molecular flexibility index (Phi) is 5.54. The number of aromatic nitrogens is 2. The summed E-state index contributed by atoms with van der Waals surface area (Å²) in [5, 5.41) is 3.75. The van der Waals surface area contributed by atoms with E-state index >= 15 is 0 Å². The number of hydrogen-bond acceptors (Lipinski definition) is 4. The van der Waals surface area contributed by atoms with Crippen molar-refractivity contribution < 1.29 is 4.79 Å². The van der Waals surface area contributed by atoms with E-state index in [0.29, 0.717) is 10.7 Å². The lowest BCUT2D eigenvalue weighted by atomic mass is 9.78. The van der Waals surface area contributed by atoms with Crippen LogP contribution in [0.3, 0.4) is 0 Å². The van der Waals surface area contributed by atoms with Crippen molar-refractivity contribution >= 4 is 29.1 Å². The van der Waals surface area contributed by atoms with Crippen molar-refractivity contribution in [2.75, 3.05) is 23.3 Å². The Labute approximate surface area is 171 Å². The Morgan fingerprint density at radius 2 is 1.71 bits per heavy atom. The summed E-state index contributed by atoms with van der Waals surface area (Å²) in [6.07, 6.45) is 9.61. The van der Waals surface area contributed by atoms with E-state index in [4.69, 9.17) is 11.6 Å². The first-order valence-electron chi connectivity index (χ1n) is 10.2. The van der Waals surface area contributed by atoms with Crippen molar-refractivity contribution in [3.8, 4) is 0 Å². The fourth-order valence-corrected chi connectivity index (χ4v) is 4.53. The average molecular weight is 399 g/mol. The molecule has 6 heteroatoms. The van der Waals surface area contributed by atoms with Crippen molar-refractivity contribution in [2.45, 2.75) is 50.9 Å². The average Bonchev–Trinajstić information content (AvgIpc) is 3.21. The van der Waals surface area contributed by atoms with E-state index in [9.17, 15) is 4.79 Å². The van der Waals surface area contributed by atoms with Gasteiger partial charge in [-0.3, -0.25) is 4.79 Å². The third-order valence-electron chi connectivity index (χ3n) is 6.25. The van der Waals surface area contributed by atoms with Gasteiger partial charge in [0.15, 0.2) is 0 Å². The number of amides is 1. The molecule has 1 aromatic carbocycles. The molecule has 28 heavy (non-hydrogen) atoms. The predicted molar refractivity (Wildman–Crippen MR) is 113 cm³/mol. The van der Waals surface area contributed by atoms with Crippen molar-refractivity contribution in [3.63, 3.8) is 0 Å². The zero-order valence-electron chi connectivity index (χ0n) is 16.3. The highest BCUT2D eigenvalue weighted by Crippen LogP contribution is 2.42. The van der Waals surface area contributed by atoms with Crippen LogP contribution < -0.4 is 10.2 Å². The Morgan fingerprint density at radius 1 is 1.11 bits per heavy atom. The summed E-state index contributed by atoms with van der Waals surface area (Å²) in [4.78, 5) is 24.4. The van der Waals surface area contributed by atoms with Gasteiger partial charge in [-0.05, 0) is 49.3 Å². The summed E-state index contributed by atoms with van der Waals surface area (Å²) < 4.78 is 0. The van der Waals surface area contributed by atoms with E-state index in [1.165, 1.54) is 12.8 Å². The van der Waals surface area contributed by atoms with Crippen LogP contribution in [0.1, 0.15) is 51.0 Å². The maximum absolute atomic E-state index is 13.2. The molecule has 1 saturated carbocycles. The van der Waals surface area contributed by atoms with Crippen LogP contribution in [0.4, 0.5) is 11.6 Å². The van der Waals surface area contributed by atoms with Crippen molar-refractivity contribution in [1.29, 1.82) is 0 Å². The molecule has 1 saturated heterocycles. The summed E-state index contributed by atoms with van der Waals surface area (Å²) in [6, 6.07) is 7.68. The highest BCUT2D eigenvalue weighted by atomic mass is 35.5. The molecule has 2 aromatic rings. The quantitative estimate of drug-likeness (QED) is 0.802. The van der Waals surface area contributed by atoms with Gasteiger partial charge in [-0.1, -0.05) is 43.5 Å². The van der Waals surface area contributed by atoms with E-state index in [1.54, 1.807) is 12.4 Å². The van der Waals surface area contributed by atoms with Crippen molar-refractivity contribution in [2.24, 2.45) is 5.92 Å². The summed E-state index contributed by atoms with van der Waals surface area (Å²) in [5.74, 6) is 1.54. The topological polar surface area (TPSA) is 58.1 Å². The van der Waals surface area contributed by atoms with E-state index in [-0.39, 0.29) is 5.91 Å². The van der Waals surface area contributed by atoms with Gasteiger partial charge < -0.3 is 10.2 Å². The second kappa shape index (κ2) is 8.08. The highest BCUT2D eigenvalue weighted by molar-refractivity contribution is 6.30. The number of carbonyl (C=O) groups is 1. The molecule has 2 fully saturated rings. The van der Waals surface area contributed by atoms with E-state index in [2.05, 4.69) is 27.1 Å². The minimum Gasteiger partial charge on any atom is -0.341 e. The smallest absolute Gasteiger partial charge is 0.235 e. The van der Waals surface area contributed by atoms with Crippen molar-refractivity contribution in [3.05, 3.63) is 47.2 Å². The lowest BCUT2D eigenvalue weighted by Gasteiger charge is -2.30. The van der Waals surface area contributed by atoms with Crippen LogP contribution in [0.15, 0.2) is 36.7 Å². The van der Waals surface area contributed by atoms with E-state index < -0.39 is 5.41 Å². The van der Waals surface area contributed by atoms with Crippen LogP contribution in [0.5, 0.6) is 0 Å². The fraction of sp³-hybridized carbons (Fsp3) is 0.500. The van der Waals surface area contributed by atoms with Crippen LogP contribution in [0, 0.1) is 5.92 Å². The molecule has 0 atom stereocenters. The minimum absolute atomic E-state index is 0.0236. The van der Waals surface area contributed by atoms with Gasteiger partial charge in [0.2, 0.25) is 11.9 Å². The molecule has 1 amide bonds.